The molecule has 0 saturated carbocycles. The second-order valence-corrected chi connectivity index (χ2v) is 6.01. The molecule has 0 spiro atoms. The van der Waals surface area contributed by atoms with E-state index in [9.17, 15) is 9.59 Å². The maximum Gasteiger partial charge on any atom is 0.255 e. The van der Waals surface area contributed by atoms with E-state index in [0.29, 0.717) is 11.3 Å². The van der Waals surface area contributed by atoms with Gasteiger partial charge in [0, 0.05) is 22.8 Å². The molecule has 0 aliphatic rings. The standard InChI is InChI=1S/C17H15N3O3S/c1-11(19-16(22)13-6-8-23-10-13)15(21)20-14-4-2-12(3-5-14)17-18-7-9-24-17/h2-11H,1H3,(H,19,22)(H,20,21)/t11-/m1/s1. The first-order chi connectivity index (χ1) is 11.6. The maximum atomic E-state index is 12.2. The lowest BCUT2D eigenvalue weighted by atomic mass is 10.2. The number of anilines is 1. The number of nitrogens with zero attached hydrogens (tertiary/aromatic N) is 1. The van der Waals surface area contributed by atoms with Crippen molar-refractivity contribution in [3.8, 4) is 10.6 Å². The Balaban J connectivity index is 1.59. The van der Waals surface area contributed by atoms with Crippen LogP contribution < -0.4 is 10.6 Å². The molecule has 2 amide bonds. The second kappa shape index (κ2) is 7.10. The molecule has 7 heteroatoms. The Bertz CT molecular complexity index is 811. The van der Waals surface area contributed by atoms with Crippen LogP contribution >= 0.6 is 11.3 Å². The molecular weight excluding hydrogens is 326 g/mol. The number of rotatable bonds is 5. The Morgan fingerprint density at radius 2 is 2.00 bits per heavy atom. The number of thiazole rings is 1. The minimum atomic E-state index is -0.675. The topological polar surface area (TPSA) is 84.2 Å². The van der Waals surface area contributed by atoms with E-state index >= 15 is 0 Å². The van der Waals surface area contributed by atoms with Crippen LogP contribution in [0.1, 0.15) is 17.3 Å². The first-order valence-electron chi connectivity index (χ1n) is 7.27. The number of benzene rings is 1. The summed E-state index contributed by atoms with van der Waals surface area (Å²) in [7, 11) is 0. The number of nitrogens with one attached hydrogen (secondary N) is 2. The van der Waals surface area contributed by atoms with Crippen LogP contribution in [0.3, 0.4) is 0 Å². The molecule has 1 aromatic carbocycles. The summed E-state index contributed by atoms with van der Waals surface area (Å²) in [5.74, 6) is -0.653. The lowest BCUT2D eigenvalue weighted by Crippen LogP contribution is -2.41. The van der Waals surface area contributed by atoms with Gasteiger partial charge in [-0.2, -0.15) is 0 Å². The van der Waals surface area contributed by atoms with Crippen molar-refractivity contribution in [3.63, 3.8) is 0 Å². The third-order valence-corrected chi connectivity index (χ3v) is 4.18. The molecule has 3 rings (SSSR count). The fraction of sp³-hybridized carbons (Fsp3) is 0.118. The number of hydrogen-bond acceptors (Lipinski definition) is 5. The zero-order valence-electron chi connectivity index (χ0n) is 12.9. The van der Waals surface area contributed by atoms with E-state index in [1.807, 2.05) is 17.5 Å². The smallest absolute Gasteiger partial charge is 0.255 e. The molecule has 0 aliphatic carbocycles. The highest BCUT2D eigenvalue weighted by atomic mass is 32.1. The molecule has 0 aliphatic heterocycles. The average molecular weight is 341 g/mol. The van der Waals surface area contributed by atoms with E-state index in [1.165, 1.54) is 18.6 Å². The zero-order chi connectivity index (χ0) is 16.9. The molecule has 0 fully saturated rings. The van der Waals surface area contributed by atoms with E-state index in [0.717, 1.165) is 10.6 Å². The minimum absolute atomic E-state index is 0.297. The van der Waals surface area contributed by atoms with Crippen LogP contribution in [0.25, 0.3) is 10.6 Å². The summed E-state index contributed by atoms with van der Waals surface area (Å²) in [4.78, 5) is 28.3. The van der Waals surface area contributed by atoms with Gasteiger partial charge in [0.2, 0.25) is 5.91 Å². The van der Waals surface area contributed by atoms with Crippen molar-refractivity contribution in [2.45, 2.75) is 13.0 Å². The number of amides is 2. The number of furan rings is 1. The highest BCUT2D eigenvalue weighted by Crippen LogP contribution is 2.23. The molecule has 0 bridgehead atoms. The van der Waals surface area contributed by atoms with Gasteiger partial charge in [-0.1, -0.05) is 0 Å². The van der Waals surface area contributed by atoms with Crippen molar-refractivity contribution in [2.75, 3.05) is 5.32 Å². The van der Waals surface area contributed by atoms with Gasteiger partial charge in [-0.15, -0.1) is 11.3 Å². The summed E-state index contributed by atoms with van der Waals surface area (Å²) in [6.07, 6.45) is 4.49. The first-order valence-corrected chi connectivity index (χ1v) is 8.15. The van der Waals surface area contributed by atoms with Gasteiger partial charge in [0.05, 0.1) is 11.8 Å². The molecule has 122 valence electrons. The Labute approximate surface area is 142 Å². The molecule has 0 radical (unpaired) electrons. The molecule has 6 nitrogen and oxygen atoms in total. The maximum absolute atomic E-state index is 12.2. The number of carbonyl (C=O) groups excluding carboxylic acids is 2. The summed E-state index contributed by atoms with van der Waals surface area (Å²) in [6, 6.07) is 8.26. The van der Waals surface area contributed by atoms with Crippen LogP contribution in [-0.4, -0.2) is 22.8 Å². The van der Waals surface area contributed by atoms with E-state index in [4.69, 9.17) is 4.42 Å². The largest absolute Gasteiger partial charge is 0.472 e. The van der Waals surface area contributed by atoms with E-state index in [1.54, 1.807) is 36.6 Å². The van der Waals surface area contributed by atoms with Crippen LogP contribution in [-0.2, 0) is 4.79 Å². The summed E-state index contributed by atoms with van der Waals surface area (Å²) < 4.78 is 4.85. The fourth-order valence-corrected chi connectivity index (χ4v) is 2.70. The molecule has 0 saturated heterocycles. The Kier molecular flexibility index (Phi) is 4.72. The van der Waals surface area contributed by atoms with Crippen LogP contribution in [0.2, 0.25) is 0 Å². The Morgan fingerprint density at radius 1 is 1.21 bits per heavy atom. The number of aromatic nitrogens is 1. The molecule has 2 aromatic heterocycles. The molecule has 3 aromatic rings. The van der Waals surface area contributed by atoms with Crippen LogP contribution in [0.4, 0.5) is 5.69 Å². The number of hydrogen-bond donors (Lipinski definition) is 2. The van der Waals surface area contributed by atoms with Crippen LogP contribution in [0, 0.1) is 0 Å². The molecule has 0 unspecified atom stereocenters. The van der Waals surface area contributed by atoms with Gasteiger partial charge < -0.3 is 15.1 Å². The summed E-state index contributed by atoms with van der Waals surface area (Å²) >= 11 is 1.55. The summed E-state index contributed by atoms with van der Waals surface area (Å²) in [5.41, 5.74) is 2.02. The Morgan fingerprint density at radius 3 is 2.62 bits per heavy atom. The predicted octanol–water partition coefficient (Wildman–Crippen LogP) is 3.16. The quantitative estimate of drug-likeness (QED) is 0.746. The fourth-order valence-electron chi connectivity index (χ4n) is 2.05. The van der Waals surface area contributed by atoms with Gasteiger partial charge in [0.1, 0.15) is 17.3 Å². The van der Waals surface area contributed by atoms with Gasteiger partial charge in [-0.25, -0.2) is 4.98 Å². The van der Waals surface area contributed by atoms with Crippen LogP contribution in [0.5, 0.6) is 0 Å². The molecule has 2 N–H and O–H groups in total. The van der Waals surface area contributed by atoms with Gasteiger partial charge in [0.25, 0.3) is 5.91 Å². The van der Waals surface area contributed by atoms with E-state index in [2.05, 4.69) is 15.6 Å². The van der Waals surface area contributed by atoms with Crippen molar-refractivity contribution in [1.82, 2.24) is 10.3 Å². The molecule has 2 heterocycles. The van der Waals surface area contributed by atoms with Crippen molar-refractivity contribution in [2.24, 2.45) is 0 Å². The third-order valence-electron chi connectivity index (χ3n) is 3.36. The van der Waals surface area contributed by atoms with Crippen molar-refractivity contribution < 1.29 is 14.0 Å². The van der Waals surface area contributed by atoms with Gasteiger partial charge in [-0.05, 0) is 37.3 Å². The monoisotopic (exact) mass is 341 g/mol. The molecular formula is C17H15N3O3S. The summed E-state index contributed by atoms with van der Waals surface area (Å²) in [6.45, 7) is 1.62. The van der Waals surface area contributed by atoms with Gasteiger partial charge >= 0.3 is 0 Å². The zero-order valence-corrected chi connectivity index (χ0v) is 13.7. The SMILES string of the molecule is C[C@@H](NC(=O)c1ccoc1)C(=O)Nc1ccc(-c2nccs2)cc1. The normalized spacial score (nSPS) is 11.7. The highest BCUT2D eigenvalue weighted by Gasteiger charge is 2.17. The third kappa shape index (κ3) is 3.69. The lowest BCUT2D eigenvalue weighted by molar-refractivity contribution is -0.117. The Hall–Kier alpha value is -2.93. The average Bonchev–Trinajstić information content (AvgIpc) is 3.29. The van der Waals surface area contributed by atoms with E-state index < -0.39 is 6.04 Å². The van der Waals surface area contributed by atoms with E-state index in [-0.39, 0.29) is 11.8 Å². The van der Waals surface area contributed by atoms with Crippen molar-refractivity contribution in [3.05, 3.63) is 60.0 Å². The lowest BCUT2D eigenvalue weighted by Gasteiger charge is -2.13. The highest BCUT2D eigenvalue weighted by molar-refractivity contribution is 7.13. The first kappa shape index (κ1) is 15.9. The minimum Gasteiger partial charge on any atom is -0.472 e. The van der Waals surface area contributed by atoms with Crippen molar-refractivity contribution >= 4 is 28.8 Å². The number of carbonyl (C=O) groups is 2. The van der Waals surface area contributed by atoms with Crippen LogP contribution in [0.15, 0.2) is 58.9 Å². The van der Waals surface area contributed by atoms with Gasteiger partial charge in [-0.3, -0.25) is 9.59 Å². The second-order valence-electron chi connectivity index (χ2n) is 5.11. The predicted molar refractivity (Wildman–Crippen MR) is 91.8 cm³/mol. The summed E-state index contributed by atoms with van der Waals surface area (Å²) in [5, 5.41) is 8.22. The molecule has 24 heavy (non-hydrogen) atoms. The molecule has 1 atom stereocenters. The van der Waals surface area contributed by atoms with Gasteiger partial charge in [0.15, 0.2) is 0 Å². The van der Waals surface area contributed by atoms with Crippen molar-refractivity contribution in [1.29, 1.82) is 0 Å².